The number of halogens is 2. The second-order valence-electron chi connectivity index (χ2n) is 5.90. The third kappa shape index (κ3) is 3.29. The quantitative estimate of drug-likeness (QED) is 0.822. The Balaban J connectivity index is 1.96. The predicted molar refractivity (Wildman–Crippen MR) is 90.8 cm³/mol. The molecule has 23 heavy (non-hydrogen) atoms. The standard InChI is InChI=1S/C18H17Cl2NO2/c1-11-17(22)10-16(12-2-6-14(19)7-3-12)21(23)18(11)13-4-8-15(20)9-5-13/h2-9,11,16,18,23H,10H2,1H3. The van der Waals surface area contributed by atoms with Crippen molar-refractivity contribution in [1.29, 1.82) is 0 Å². The summed E-state index contributed by atoms with van der Waals surface area (Å²) in [5.74, 6) is -0.153. The first kappa shape index (κ1) is 16.5. The van der Waals surface area contributed by atoms with Crippen LogP contribution in [-0.2, 0) is 4.79 Å². The molecule has 0 spiro atoms. The molecule has 1 aliphatic rings. The van der Waals surface area contributed by atoms with Crippen LogP contribution in [0.4, 0.5) is 0 Å². The molecule has 3 nitrogen and oxygen atoms in total. The first-order chi connectivity index (χ1) is 11.0. The number of carbonyl (C=O) groups is 1. The fraction of sp³-hybridized carbons (Fsp3) is 0.278. The number of nitrogens with zero attached hydrogens (tertiary/aromatic N) is 1. The van der Waals surface area contributed by atoms with E-state index in [1.165, 1.54) is 5.06 Å². The maximum absolute atomic E-state index is 12.5. The zero-order chi connectivity index (χ0) is 16.6. The summed E-state index contributed by atoms with van der Waals surface area (Å²) in [6.07, 6.45) is 0.281. The summed E-state index contributed by atoms with van der Waals surface area (Å²) in [7, 11) is 0. The number of rotatable bonds is 2. The van der Waals surface area contributed by atoms with E-state index in [0.717, 1.165) is 11.1 Å². The average molecular weight is 350 g/mol. The summed E-state index contributed by atoms with van der Waals surface area (Å²) in [4.78, 5) is 12.5. The minimum Gasteiger partial charge on any atom is -0.313 e. The Morgan fingerprint density at radius 1 is 0.957 bits per heavy atom. The average Bonchev–Trinajstić information content (AvgIpc) is 2.54. The van der Waals surface area contributed by atoms with E-state index in [1.807, 2.05) is 31.2 Å². The molecule has 3 rings (SSSR count). The van der Waals surface area contributed by atoms with Crippen molar-refractivity contribution in [3.8, 4) is 0 Å². The smallest absolute Gasteiger partial charge is 0.139 e. The fourth-order valence-electron chi connectivity index (χ4n) is 3.13. The van der Waals surface area contributed by atoms with Gasteiger partial charge in [-0.3, -0.25) is 4.79 Å². The normalized spacial score (nSPS) is 25.6. The van der Waals surface area contributed by atoms with Crippen molar-refractivity contribution in [3.05, 3.63) is 69.7 Å². The zero-order valence-corrected chi connectivity index (χ0v) is 14.1. The summed E-state index contributed by atoms with van der Waals surface area (Å²) >= 11 is 11.9. The number of hydroxylamine groups is 2. The molecule has 120 valence electrons. The van der Waals surface area contributed by atoms with Crippen molar-refractivity contribution >= 4 is 29.0 Å². The third-order valence-corrected chi connectivity index (χ3v) is 4.95. The van der Waals surface area contributed by atoms with Gasteiger partial charge in [0.25, 0.3) is 0 Å². The molecule has 0 aliphatic carbocycles. The number of piperidine rings is 1. The Morgan fingerprint density at radius 2 is 1.43 bits per heavy atom. The Morgan fingerprint density at radius 3 is 1.96 bits per heavy atom. The van der Waals surface area contributed by atoms with E-state index in [2.05, 4.69) is 0 Å². The van der Waals surface area contributed by atoms with E-state index < -0.39 is 6.04 Å². The zero-order valence-electron chi connectivity index (χ0n) is 12.6. The van der Waals surface area contributed by atoms with Gasteiger partial charge in [-0.2, -0.15) is 5.06 Å². The number of benzene rings is 2. The van der Waals surface area contributed by atoms with Gasteiger partial charge in [-0.05, 0) is 35.4 Å². The Hall–Kier alpha value is -1.39. The number of carbonyl (C=O) groups excluding carboxylic acids is 1. The molecule has 0 radical (unpaired) electrons. The van der Waals surface area contributed by atoms with Crippen LogP contribution in [0.1, 0.15) is 36.6 Å². The lowest BCUT2D eigenvalue weighted by atomic mass is 9.81. The van der Waals surface area contributed by atoms with Crippen LogP contribution < -0.4 is 0 Å². The molecular formula is C18H17Cl2NO2. The Labute approximate surface area is 145 Å². The van der Waals surface area contributed by atoms with Crippen molar-refractivity contribution in [2.24, 2.45) is 5.92 Å². The van der Waals surface area contributed by atoms with E-state index in [4.69, 9.17) is 23.2 Å². The molecule has 0 amide bonds. The van der Waals surface area contributed by atoms with Crippen LogP contribution in [0.2, 0.25) is 10.0 Å². The van der Waals surface area contributed by atoms with Gasteiger partial charge >= 0.3 is 0 Å². The molecule has 1 fully saturated rings. The first-order valence-corrected chi connectivity index (χ1v) is 8.24. The van der Waals surface area contributed by atoms with Gasteiger partial charge in [0.1, 0.15) is 5.78 Å². The largest absolute Gasteiger partial charge is 0.313 e. The van der Waals surface area contributed by atoms with Crippen LogP contribution in [0.15, 0.2) is 48.5 Å². The van der Waals surface area contributed by atoms with Crippen molar-refractivity contribution in [2.75, 3.05) is 0 Å². The highest BCUT2D eigenvalue weighted by Crippen LogP contribution is 2.42. The van der Waals surface area contributed by atoms with Crippen molar-refractivity contribution in [1.82, 2.24) is 5.06 Å². The second-order valence-corrected chi connectivity index (χ2v) is 6.78. The molecule has 0 bridgehead atoms. The van der Waals surface area contributed by atoms with Crippen molar-refractivity contribution in [2.45, 2.75) is 25.4 Å². The highest BCUT2D eigenvalue weighted by molar-refractivity contribution is 6.30. The molecule has 1 heterocycles. The van der Waals surface area contributed by atoms with E-state index >= 15 is 0 Å². The molecule has 1 aliphatic heterocycles. The molecule has 2 aromatic carbocycles. The number of hydrogen-bond donors (Lipinski definition) is 1. The molecule has 1 saturated heterocycles. The minimum atomic E-state index is -0.394. The van der Waals surface area contributed by atoms with Crippen LogP contribution >= 0.6 is 23.2 Å². The molecule has 3 unspecified atom stereocenters. The highest BCUT2D eigenvalue weighted by atomic mass is 35.5. The van der Waals surface area contributed by atoms with E-state index in [1.54, 1.807) is 24.3 Å². The van der Waals surface area contributed by atoms with Crippen molar-refractivity contribution < 1.29 is 10.0 Å². The van der Waals surface area contributed by atoms with Gasteiger partial charge in [0.15, 0.2) is 0 Å². The van der Waals surface area contributed by atoms with Crippen LogP contribution in [0, 0.1) is 5.92 Å². The van der Waals surface area contributed by atoms with Crippen molar-refractivity contribution in [3.63, 3.8) is 0 Å². The second kappa shape index (κ2) is 6.62. The third-order valence-electron chi connectivity index (χ3n) is 4.45. The number of hydrogen-bond acceptors (Lipinski definition) is 3. The van der Waals surface area contributed by atoms with Gasteiger partial charge in [-0.25, -0.2) is 0 Å². The maximum Gasteiger partial charge on any atom is 0.139 e. The lowest BCUT2D eigenvalue weighted by Gasteiger charge is -2.41. The summed E-state index contributed by atoms with van der Waals surface area (Å²) in [5.41, 5.74) is 1.74. The molecule has 2 aromatic rings. The Kier molecular flexibility index (Phi) is 4.74. The fourth-order valence-corrected chi connectivity index (χ4v) is 3.38. The first-order valence-electron chi connectivity index (χ1n) is 7.48. The lowest BCUT2D eigenvalue weighted by Crippen LogP contribution is -2.42. The topological polar surface area (TPSA) is 40.5 Å². The van der Waals surface area contributed by atoms with Crippen LogP contribution in [0.3, 0.4) is 0 Å². The lowest BCUT2D eigenvalue weighted by molar-refractivity contribution is -0.197. The molecule has 0 saturated carbocycles. The molecule has 5 heteroatoms. The van der Waals surface area contributed by atoms with Gasteiger partial charge in [0.2, 0.25) is 0 Å². The monoisotopic (exact) mass is 349 g/mol. The highest BCUT2D eigenvalue weighted by Gasteiger charge is 2.41. The minimum absolute atomic E-state index is 0.134. The van der Waals surface area contributed by atoms with E-state index in [9.17, 15) is 10.0 Å². The summed E-state index contributed by atoms with van der Waals surface area (Å²) in [6, 6.07) is 13.7. The predicted octanol–water partition coefficient (Wildman–Crippen LogP) is 5.08. The number of Topliss-reactive ketones (excluding diaryl/α,β-unsaturated/α-hetero) is 1. The van der Waals surface area contributed by atoms with Gasteiger partial charge in [0, 0.05) is 22.4 Å². The summed E-state index contributed by atoms with van der Waals surface area (Å²) in [5, 5.41) is 13.3. The number of ketones is 1. The van der Waals surface area contributed by atoms with Crippen LogP contribution in [0.25, 0.3) is 0 Å². The van der Waals surface area contributed by atoms with Gasteiger partial charge in [-0.1, -0.05) is 54.4 Å². The van der Waals surface area contributed by atoms with Crippen LogP contribution in [-0.4, -0.2) is 16.1 Å². The van der Waals surface area contributed by atoms with E-state index in [-0.39, 0.29) is 24.2 Å². The molecule has 0 aromatic heterocycles. The van der Waals surface area contributed by atoms with E-state index in [0.29, 0.717) is 10.0 Å². The van der Waals surface area contributed by atoms with Gasteiger partial charge in [0.05, 0.1) is 12.1 Å². The summed E-state index contributed by atoms with van der Waals surface area (Å²) < 4.78 is 0. The Bertz CT molecular complexity index is 700. The SMILES string of the molecule is CC1C(=O)CC(c2ccc(Cl)cc2)N(O)C1c1ccc(Cl)cc1. The van der Waals surface area contributed by atoms with Crippen LogP contribution in [0.5, 0.6) is 0 Å². The van der Waals surface area contributed by atoms with Gasteiger partial charge in [-0.15, -0.1) is 0 Å². The summed E-state index contributed by atoms with van der Waals surface area (Å²) in [6.45, 7) is 1.85. The molecular weight excluding hydrogens is 333 g/mol. The molecule has 1 N–H and O–H groups in total. The maximum atomic E-state index is 12.5. The van der Waals surface area contributed by atoms with Gasteiger partial charge < -0.3 is 5.21 Å². The molecule has 3 atom stereocenters.